The minimum absolute atomic E-state index is 0.0346. The normalized spacial score (nSPS) is 12.3. The van der Waals surface area contributed by atoms with E-state index in [4.69, 9.17) is 22.1 Å². The minimum atomic E-state index is -0.0346. The van der Waals surface area contributed by atoms with Crippen molar-refractivity contribution in [2.45, 2.75) is 26.8 Å². The van der Waals surface area contributed by atoms with E-state index in [1.807, 2.05) is 44.2 Å². The van der Waals surface area contributed by atoms with Crippen LogP contribution in [0.5, 0.6) is 11.5 Å². The first kappa shape index (κ1) is 13.9. The summed E-state index contributed by atoms with van der Waals surface area (Å²) in [4.78, 5) is 0. The molecule has 2 nitrogen and oxygen atoms in total. The van der Waals surface area contributed by atoms with Crippen LogP contribution in [-0.4, -0.2) is 0 Å². The van der Waals surface area contributed by atoms with Crippen molar-refractivity contribution in [2.24, 2.45) is 5.73 Å². The molecule has 0 radical (unpaired) electrons. The molecule has 0 spiro atoms. The van der Waals surface area contributed by atoms with Gasteiger partial charge in [0.25, 0.3) is 0 Å². The van der Waals surface area contributed by atoms with Crippen molar-refractivity contribution in [3.63, 3.8) is 0 Å². The lowest BCUT2D eigenvalue weighted by molar-refractivity contribution is 0.478. The molecule has 1 atom stereocenters. The summed E-state index contributed by atoms with van der Waals surface area (Å²) in [5, 5.41) is 0.578. The molecule has 0 bridgehead atoms. The van der Waals surface area contributed by atoms with Crippen molar-refractivity contribution < 1.29 is 4.74 Å². The molecule has 3 heteroatoms. The zero-order valence-electron chi connectivity index (χ0n) is 11.4. The maximum atomic E-state index is 6.23. The average Bonchev–Trinajstić information content (AvgIpc) is 2.34. The summed E-state index contributed by atoms with van der Waals surface area (Å²) in [6.07, 6.45) is 0. The summed E-state index contributed by atoms with van der Waals surface area (Å²) in [5.74, 6) is 1.47. The maximum absolute atomic E-state index is 6.23. The highest BCUT2D eigenvalue weighted by Crippen LogP contribution is 2.32. The van der Waals surface area contributed by atoms with Gasteiger partial charge in [0.1, 0.15) is 11.5 Å². The fourth-order valence-electron chi connectivity index (χ4n) is 1.92. The quantitative estimate of drug-likeness (QED) is 0.876. The fraction of sp³-hybridized carbons (Fsp3) is 0.250. The molecule has 0 saturated heterocycles. The molecule has 2 aromatic carbocycles. The Kier molecular flexibility index (Phi) is 4.13. The molecule has 100 valence electrons. The first-order valence-corrected chi connectivity index (χ1v) is 6.65. The van der Waals surface area contributed by atoms with Gasteiger partial charge in [-0.1, -0.05) is 35.4 Å². The molecule has 0 saturated carbocycles. The van der Waals surface area contributed by atoms with Crippen LogP contribution in [0.3, 0.4) is 0 Å². The molecule has 0 aromatic heterocycles. The number of rotatable bonds is 3. The topological polar surface area (TPSA) is 35.2 Å². The van der Waals surface area contributed by atoms with Crippen molar-refractivity contribution in [1.29, 1.82) is 0 Å². The van der Waals surface area contributed by atoms with E-state index in [-0.39, 0.29) is 6.04 Å². The number of benzene rings is 2. The van der Waals surface area contributed by atoms with Gasteiger partial charge in [0.05, 0.1) is 5.02 Å². The molecule has 2 N–H and O–H groups in total. The van der Waals surface area contributed by atoms with E-state index >= 15 is 0 Å². The van der Waals surface area contributed by atoms with Gasteiger partial charge in [-0.2, -0.15) is 0 Å². The summed E-state index contributed by atoms with van der Waals surface area (Å²) in [6.45, 7) is 6.00. The molecule has 2 aromatic rings. The Morgan fingerprint density at radius 1 is 1.05 bits per heavy atom. The molecule has 0 heterocycles. The van der Waals surface area contributed by atoms with Crippen molar-refractivity contribution in [2.75, 3.05) is 0 Å². The Hall–Kier alpha value is -1.51. The van der Waals surface area contributed by atoms with E-state index in [0.717, 1.165) is 16.9 Å². The van der Waals surface area contributed by atoms with E-state index in [9.17, 15) is 0 Å². The molecule has 0 amide bonds. The Morgan fingerprint density at radius 3 is 2.32 bits per heavy atom. The molecule has 2 rings (SSSR count). The predicted octanol–water partition coefficient (Wildman–Crippen LogP) is 4.77. The van der Waals surface area contributed by atoms with Crippen LogP contribution in [0.25, 0.3) is 0 Å². The highest BCUT2D eigenvalue weighted by Gasteiger charge is 2.08. The highest BCUT2D eigenvalue weighted by molar-refractivity contribution is 6.32. The zero-order chi connectivity index (χ0) is 14.0. The van der Waals surface area contributed by atoms with Gasteiger partial charge in [-0.15, -0.1) is 0 Å². The molecule has 0 fully saturated rings. The first-order valence-electron chi connectivity index (χ1n) is 6.27. The summed E-state index contributed by atoms with van der Waals surface area (Å²) >= 11 is 6.23. The van der Waals surface area contributed by atoms with Gasteiger partial charge in [-0.3, -0.25) is 0 Å². The lowest BCUT2D eigenvalue weighted by atomic mass is 10.1. The molecular weight excluding hydrogens is 258 g/mol. The molecule has 0 aliphatic carbocycles. The molecule has 0 aliphatic rings. The van der Waals surface area contributed by atoms with Crippen LogP contribution in [0.15, 0.2) is 36.4 Å². The lowest BCUT2D eigenvalue weighted by Crippen LogP contribution is -2.04. The van der Waals surface area contributed by atoms with E-state index in [1.165, 1.54) is 5.56 Å². The number of hydrogen-bond donors (Lipinski definition) is 1. The highest BCUT2D eigenvalue weighted by atomic mass is 35.5. The first-order chi connectivity index (χ1) is 8.97. The predicted molar refractivity (Wildman–Crippen MR) is 80.0 cm³/mol. The molecule has 0 unspecified atom stereocenters. The van der Waals surface area contributed by atoms with Crippen LogP contribution in [0.1, 0.15) is 29.7 Å². The van der Waals surface area contributed by atoms with Crippen LogP contribution in [0, 0.1) is 13.8 Å². The van der Waals surface area contributed by atoms with Gasteiger partial charge in [0, 0.05) is 6.04 Å². The third kappa shape index (κ3) is 3.28. The van der Waals surface area contributed by atoms with Gasteiger partial charge in [-0.25, -0.2) is 0 Å². The van der Waals surface area contributed by atoms with Gasteiger partial charge >= 0.3 is 0 Å². The summed E-state index contributed by atoms with van der Waals surface area (Å²) in [6, 6.07) is 11.7. The van der Waals surface area contributed by atoms with E-state index in [1.54, 1.807) is 0 Å². The van der Waals surface area contributed by atoms with E-state index in [2.05, 4.69) is 13.0 Å². The summed E-state index contributed by atoms with van der Waals surface area (Å²) in [5.41, 5.74) is 9.13. The summed E-state index contributed by atoms with van der Waals surface area (Å²) in [7, 11) is 0. The number of ether oxygens (including phenoxy) is 1. The summed E-state index contributed by atoms with van der Waals surface area (Å²) < 4.78 is 5.86. The molecular formula is C16H18ClNO. The van der Waals surface area contributed by atoms with Crippen molar-refractivity contribution in [3.05, 3.63) is 58.1 Å². The van der Waals surface area contributed by atoms with Crippen LogP contribution < -0.4 is 10.5 Å². The Morgan fingerprint density at radius 2 is 1.74 bits per heavy atom. The van der Waals surface area contributed by atoms with Crippen LogP contribution in [0.4, 0.5) is 0 Å². The smallest absolute Gasteiger partial charge is 0.146 e. The molecule has 0 aliphatic heterocycles. The SMILES string of the molecule is Cc1ccc(Oc2ccc([C@@H](C)N)cc2Cl)c(C)c1. The van der Waals surface area contributed by atoms with Gasteiger partial charge in [0.2, 0.25) is 0 Å². The van der Waals surface area contributed by atoms with E-state index < -0.39 is 0 Å². The van der Waals surface area contributed by atoms with Gasteiger partial charge in [0.15, 0.2) is 0 Å². The fourth-order valence-corrected chi connectivity index (χ4v) is 2.14. The number of hydrogen-bond acceptors (Lipinski definition) is 2. The van der Waals surface area contributed by atoms with Crippen molar-refractivity contribution >= 4 is 11.6 Å². The second-order valence-corrected chi connectivity index (χ2v) is 5.26. The second-order valence-electron chi connectivity index (χ2n) is 4.85. The lowest BCUT2D eigenvalue weighted by Gasteiger charge is -2.12. The monoisotopic (exact) mass is 275 g/mol. The van der Waals surface area contributed by atoms with Crippen LogP contribution >= 0.6 is 11.6 Å². The minimum Gasteiger partial charge on any atom is -0.456 e. The number of halogens is 1. The van der Waals surface area contributed by atoms with E-state index in [0.29, 0.717) is 10.8 Å². The standard InChI is InChI=1S/C16H18ClNO/c1-10-4-6-15(11(2)8-10)19-16-7-5-13(12(3)18)9-14(16)17/h4-9,12H,18H2,1-3H3/t12-/m1/s1. The largest absolute Gasteiger partial charge is 0.456 e. The zero-order valence-corrected chi connectivity index (χ0v) is 12.2. The van der Waals surface area contributed by atoms with Crippen LogP contribution in [0.2, 0.25) is 5.02 Å². The van der Waals surface area contributed by atoms with Gasteiger partial charge in [-0.05, 0) is 50.1 Å². The Bertz CT molecular complexity index is 593. The second kappa shape index (κ2) is 5.64. The van der Waals surface area contributed by atoms with Crippen LogP contribution in [-0.2, 0) is 0 Å². The Balaban J connectivity index is 2.28. The van der Waals surface area contributed by atoms with Crippen molar-refractivity contribution in [1.82, 2.24) is 0 Å². The van der Waals surface area contributed by atoms with Crippen molar-refractivity contribution in [3.8, 4) is 11.5 Å². The third-order valence-electron chi connectivity index (χ3n) is 3.03. The number of aryl methyl sites for hydroxylation is 2. The third-order valence-corrected chi connectivity index (χ3v) is 3.33. The average molecular weight is 276 g/mol. The molecule has 19 heavy (non-hydrogen) atoms. The van der Waals surface area contributed by atoms with Gasteiger partial charge < -0.3 is 10.5 Å². The number of nitrogens with two attached hydrogens (primary N) is 1. The maximum Gasteiger partial charge on any atom is 0.146 e. The Labute approximate surface area is 119 Å².